The van der Waals surface area contributed by atoms with Crippen LogP contribution in [0.2, 0.25) is 5.15 Å². The first-order chi connectivity index (χ1) is 6.27. The highest BCUT2D eigenvalue weighted by Crippen LogP contribution is 2.14. The summed E-state index contributed by atoms with van der Waals surface area (Å²) in [5, 5.41) is 17.1. The molecule has 64 valence electrons. The van der Waals surface area contributed by atoms with Crippen LogP contribution in [0, 0.1) is 22.7 Å². The second-order valence-corrected chi connectivity index (χ2v) is 2.78. The summed E-state index contributed by atoms with van der Waals surface area (Å²) in [6, 6.07) is 7.40. The van der Waals surface area contributed by atoms with Crippen LogP contribution in [0.5, 0.6) is 0 Å². The van der Waals surface area contributed by atoms with E-state index in [0.717, 1.165) is 0 Å². The molecule has 0 aliphatic carbocycles. The van der Waals surface area contributed by atoms with Crippen molar-refractivity contribution in [1.82, 2.24) is 4.98 Å². The van der Waals surface area contributed by atoms with Gasteiger partial charge in [-0.2, -0.15) is 10.5 Å². The van der Waals surface area contributed by atoms with E-state index in [1.54, 1.807) is 12.1 Å². The average molecular weight is 192 g/mol. The van der Waals surface area contributed by atoms with Crippen LogP contribution < -0.4 is 0 Å². The molecule has 1 aromatic rings. The Morgan fingerprint density at radius 1 is 1.23 bits per heavy atom. The third-order valence-corrected chi connectivity index (χ3v) is 1.84. The van der Waals surface area contributed by atoms with E-state index in [1.807, 2.05) is 12.1 Å². The Morgan fingerprint density at radius 2 is 1.92 bits per heavy atom. The van der Waals surface area contributed by atoms with Gasteiger partial charge >= 0.3 is 0 Å². The van der Waals surface area contributed by atoms with Gasteiger partial charge in [0.05, 0.1) is 30.7 Å². The molecule has 13 heavy (non-hydrogen) atoms. The van der Waals surface area contributed by atoms with Crippen LogP contribution in [0.4, 0.5) is 0 Å². The molecular weight excluding hydrogens is 186 g/mol. The van der Waals surface area contributed by atoms with Crippen molar-refractivity contribution in [2.75, 3.05) is 0 Å². The zero-order chi connectivity index (χ0) is 9.68. The monoisotopic (exact) mass is 191 g/mol. The van der Waals surface area contributed by atoms with Gasteiger partial charge in [-0.3, -0.25) is 0 Å². The summed E-state index contributed by atoms with van der Waals surface area (Å²) >= 11 is 5.77. The van der Waals surface area contributed by atoms with E-state index in [9.17, 15) is 0 Å². The van der Waals surface area contributed by atoms with Crippen LogP contribution in [0.3, 0.4) is 0 Å². The molecule has 0 N–H and O–H groups in total. The Kier molecular flexibility index (Phi) is 3.25. The molecule has 1 aromatic heterocycles. The maximum Gasteiger partial charge on any atom is 0.133 e. The summed E-state index contributed by atoms with van der Waals surface area (Å²) in [4.78, 5) is 3.97. The minimum atomic E-state index is 0.243. The molecule has 0 atom stereocenters. The Morgan fingerprint density at radius 3 is 2.46 bits per heavy atom. The number of halogens is 1. The van der Waals surface area contributed by atoms with Crippen LogP contribution in [-0.2, 0) is 12.8 Å². The lowest BCUT2D eigenvalue weighted by Gasteiger charge is -1.99. The molecule has 1 heterocycles. The Balaban J connectivity index is 2.94. The van der Waals surface area contributed by atoms with Gasteiger partial charge in [-0.25, -0.2) is 4.98 Å². The van der Waals surface area contributed by atoms with E-state index in [4.69, 9.17) is 22.1 Å². The lowest BCUT2D eigenvalue weighted by molar-refractivity contribution is 1.08. The predicted octanol–water partition coefficient (Wildman–Crippen LogP) is 1.87. The molecule has 0 unspecified atom stereocenters. The molecule has 0 saturated heterocycles. The fourth-order valence-corrected chi connectivity index (χ4v) is 1.14. The topological polar surface area (TPSA) is 60.5 Å². The largest absolute Gasteiger partial charge is 0.240 e. The molecule has 0 aromatic carbocycles. The van der Waals surface area contributed by atoms with E-state index < -0.39 is 0 Å². The third kappa shape index (κ3) is 2.43. The van der Waals surface area contributed by atoms with Crippen molar-refractivity contribution in [2.24, 2.45) is 0 Å². The molecule has 0 radical (unpaired) electrons. The molecule has 0 bridgehead atoms. The van der Waals surface area contributed by atoms with Crippen molar-refractivity contribution < 1.29 is 0 Å². The van der Waals surface area contributed by atoms with Gasteiger partial charge in [0, 0.05) is 5.56 Å². The maximum atomic E-state index is 8.43. The van der Waals surface area contributed by atoms with Gasteiger partial charge in [-0.15, -0.1) is 0 Å². The van der Waals surface area contributed by atoms with Crippen molar-refractivity contribution in [3.05, 3.63) is 28.5 Å². The van der Waals surface area contributed by atoms with Crippen LogP contribution in [0.25, 0.3) is 0 Å². The van der Waals surface area contributed by atoms with Crippen molar-refractivity contribution >= 4 is 11.6 Å². The first-order valence-corrected chi connectivity index (χ1v) is 4.04. The molecule has 0 aliphatic heterocycles. The minimum Gasteiger partial charge on any atom is -0.240 e. The summed E-state index contributed by atoms with van der Waals surface area (Å²) in [5.41, 5.74) is 1.33. The molecule has 0 spiro atoms. The standard InChI is InChI=1S/C9H6ClN3/c10-9-7(3-5-11)1-2-8(13-9)4-6-12/h1-2H,3-4H2. The summed E-state index contributed by atoms with van der Waals surface area (Å²) in [7, 11) is 0. The molecule has 0 amide bonds. The average Bonchev–Trinajstić information content (AvgIpc) is 2.10. The number of hydrogen-bond donors (Lipinski definition) is 0. The summed E-state index contributed by atoms with van der Waals surface area (Å²) in [5.74, 6) is 0. The van der Waals surface area contributed by atoms with Gasteiger partial charge < -0.3 is 0 Å². The smallest absolute Gasteiger partial charge is 0.133 e. The summed E-state index contributed by atoms with van der Waals surface area (Å²) < 4.78 is 0. The van der Waals surface area contributed by atoms with Crippen molar-refractivity contribution in [3.63, 3.8) is 0 Å². The highest BCUT2D eigenvalue weighted by Gasteiger charge is 2.02. The number of rotatable bonds is 2. The van der Waals surface area contributed by atoms with Crippen LogP contribution in [0.1, 0.15) is 11.3 Å². The van der Waals surface area contributed by atoms with Gasteiger partial charge in [0.1, 0.15) is 5.15 Å². The van der Waals surface area contributed by atoms with Crippen LogP contribution >= 0.6 is 11.6 Å². The van der Waals surface area contributed by atoms with Gasteiger partial charge in [-0.1, -0.05) is 17.7 Å². The number of pyridine rings is 1. The van der Waals surface area contributed by atoms with Crippen LogP contribution in [-0.4, -0.2) is 4.98 Å². The molecule has 0 saturated carbocycles. The van der Waals surface area contributed by atoms with Crippen molar-refractivity contribution in [1.29, 1.82) is 10.5 Å². The lowest BCUT2D eigenvalue weighted by Crippen LogP contribution is -1.92. The highest BCUT2D eigenvalue weighted by molar-refractivity contribution is 6.30. The number of hydrogen-bond acceptors (Lipinski definition) is 3. The normalized spacial score (nSPS) is 8.85. The predicted molar refractivity (Wildman–Crippen MR) is 47.9 cm³/mol. The molecular formula is C9H6ClN3. The second kappa shape index (κ2) is 4.45. The summed E-state index contributed by atoms with van der Waals surface area (Å²) in [6.45, 7) is 0. The second-order valence-electron chi connectivity index (χ2n) is 2.42. The van der Waals surface area contributed by atoms with E-state index in [2.05, 4.69) is 4.98 Å². The Hall–Kier alpha value is -1.58. The third-order valence-electron chi connectivity index (χ3n) is 1.51. The highest BCUT2D eigenvalue weighted by atomic mass is 35.5. The molecule has 3 nitrogen and oxygen atoms in total. The number of nitrogens with zero attached hydrogens (tertiary/aromatic N) is 3. The zero-order valence-electron chi connectivity index (χ0n) is 6.79. The quantitative estimate of drug-likeness (QED) is 0.671. The fourth-order valence-electron chi connectivity index (χ4n) is 0.897. The SMILES string of the molecule is N#CCc1ccc(CC#N)c(Cl)n1. The van der Waals surface area contributed by atoms with E-state index >= 15 is 0 Å². The molecule has 0 aliphatic rings. The minimum absolute atomic E-state index is 0.243. The molecule has 0 fully saturated rings. The lowest BCUT2D eigenvalue weighted by atomic mass is 10.2. The fraction of sp³-hybridized carbons (Fsp3) is 0.222. The Bertz CT molecular complexity index is 387. The zero-order valence-corrected chi connectivity index (χ0v) is 7.54. The first kappa shape index (κ1) is 9.51. The molecule has 1 rings (SSSR count). The number of aromatic nitrogens is 1. The Labute approximate surface area is 81.2 Å². The van der Waals surface area contributed by atoms with Gasteiger partial charge in [-0.05, 0) is 6.07 Å². The van der Waals surface area contributed by atoms with Crippen LogP contribution in [0.15, 0.2) is 12.1 Å². The van der Waals surface area contributed by atoms with Crippen molar-refractivity contribution in [2.45, 2.75) is 12.8 Å². The van der Waals surface area contributed by atoms with Crippen molar-refractivity contribution in [3.8, 4) is 12.1 Å². The van der Waals surface area contributed by atoms with E-state index in [-0.39, 0.29) is 12.8 Å². The summed E-state index contributed by atoms with van der Waals surface area (Å²) in [6.07, 6.45) is 0.491. The van der Waals surface area contributed by atoms with E-state index in [1.165, 1.54) is 0 Å². The number of nitriles is 2. The van der Waals surface area contributed by atoms with Gasteiger partial charge in [0.2, 0.25) is 0 Å². The molecule has 4 heteroatoms. The van der Waals surface area contributed by atoms with E-state index in [0.29, 0.717) is 16.4 Å². The maximum absolute atomic E-state index is 8.43. The first-order valence-electron chi connectivity index (χ1n) is 3.66. The van der Waals surface area contributed by atoms with Gasteiger partial charge in [0.15, 0.2) is 0 Å². The van der Waals surface area contributed by atoms with Gasteiger partial charge in [0.25, 0.3) is 0 Å².